The van der Waals surface area contributed by atoms with Crippen molar-refractivity contribution in [1.82, 2.24) is 5.32 Å². The van der Waals surface area contributed by atoms with Crippen molar-refractivity contribution in [2.75, 3.05) is 13.2 Å². The van der Waals surface area contributed by atoms with E-state index in [0.717, 1.165) is 10.0 Å². The first-order valence-electron chi connectivity index (χ1n) is 6.53. The van der Waals surface area contributed by atoms with Crippen LogP contribution in [0.1, 0.15) is 5.56 Å². The third kappa shape index (κ3) is 5.19. The highest BCUT2D eigenvalue weighted by Crippen LogP contribution is 2.23. The van der Waals surface area contributed by atoms with Crippen LogP contribution in [0, 0.1) is 5.82 Å². The lowest BCUT2D eigenvalue weighted by Crippen LogP contribution is -2.30. The van der Waals surface area contributed by atoms with E-state index in [1.54, 1.807) is 18.2 Å². The highest BCUT2D eigenvalue weighted by Gasteiger charge is 2.04. The summed E-state index contributed by atoms with van der Waals surface area (Å²) in [5.41, 5.74) is 0.975. The molecule has 0 saturated carbocycles. The van der Waals surface area contributed by atoms with Gasteiger partial charge in [-0.15, -0.1) is 0 Å². The molecule has 1 amide bonds. The van der Waals surface area contributed by atoms with Crippen LogP contribution in [-0.2, 0) is 11.2 Å². The summed E-state index contributed by atoms with van der Waals surface area (Å²) in [5, 5.41) is 2.76. The van der Waals surface area contributed by atoms with Crippen LogP contribution >= 0.6 is 15.9 Å². The largest absolute Gasteiger partial charge is 0.483 e. The fraction of sp³-hybridized carbons (Fsp3) is 0.188. The van der Waals surface area contributed by atoms with Crippen LogP contribution in [0.5, 0.6) is 5.75 Å². The number of amides is 1. The summed E-state index contributed by atoms with van der Waals surface area (Å²) in [6.45, 7) is 0.454. The van der Waals surface area contributed by atoms with Crippen molar-refractivity contribution in [3.8, 4) is 5.75 Å². The second-order valence-electron chi connectivity index (χ2n) is 4.45. The SMILES string of the molecule is O=C(COc1ccccc1Br)NCCc1ccc(F)cc1. The number of para-hydroxylation sites is 1. The lowest BCUT2D eigenvalue weighted by Gasteiger charge is -2.08. The Labute approximate surface area is 131 Å². The standard InChI is InChI=1S/C16H15BrFNO2/c17-14-3-1-2-4-15(14)21-11-16(20)19-10-9-12-5-7-13(18)8-6-12/h1-8H,9-11H2,(H,19,20). The van der Waals surface area contributed by atoms with Crippen LogP contribution in [-0.4, -0.2) is 19.1 Å². The average Bonchev–Trinajstić information content (AvgIpc) is 2.48. The van der Waals surface area contributed by atoms with Gasteiger partial charge in [0.25, 0.3) is 5.91 Å². The van der Waals surface area contributed by atoms with E-state index in [1.807, 2.05) is 18.2 Å². The number of hydrogen-bond donors (Lipinski definition) is 1. The number of ether oxygens (including phenoxy) is 1. The number of benzene rings is 2. The van der Waals surface area contributed by atoms with Crippen LogP contribution < -0.4 is 10.1 Å². The summed E-state index contributed by atoms with van der Waals surface area (Å²) in [6, 6.07) is 13.6. The van der Waals surface area contributed by atoms with Gasteiger partial charge in [0.2, 0.25) is 0 Å². The zero-order valence-corrected chi connectivity index (χ0v) is 12.9. The molecule has 0 bridgehead atoms. The molecule has 21 heavy (non-hydrogen) atoms. The molecule has 0 fully saturated rings. The minimum Gasteiger partial charge on any atom is -0.483 e. The van der Waals surface area contributed by atoms with Crippen molar-refractivity contribution in [2.45, 2.75) is 6.42 Å². The highest BCUT2D eigenvalue weighted by molar-refractivity contribution is 9.10. The molecule has 2 rings (SSSR count). The molecule has 0 aliphatic carbocycles. The summed E-state index contributed by atoms with van der Waals surface area (Å²) in [5.74, 6) is 0.184. The number of rotatable bonds is 6. The molecule has 0 saturated heterocycles. The quantitative estimate of drug-likeness (QED) is 0.866. The second kappa shape index (κ2) is 7.78. The third-order valence-electron chi connectivity index (χ3n) is 2.84. The Balaban J connectivity index is 1.70. The molecule has 0 spiro atoms. The third-order valence-corrected chi connectivity index (χ3v) is 3.50. The molecule has 5 heteroatoms. The van der Waals surface area contributed by atoms with Crippen LogP contribution in [0.3, 0.4) is 0 Å². The van der Waals surface area contributed by atoms with Gasteiger partial charge >= 0.3 is 0 Å². The first kappa shape index (κ1) is 15.5. The Morgan fingerprint density at radius 3 is 2.57 bits per heavy atom. The summed E-state index contributed by atoms with van der Waals surface area (Å²) in [6.07, 6.45) is 0.654. The molecule has 110 valence electrons. The molecule has 0 heterocycles. The zero-order chi connectivity index (χ0) is 15.1. The van der Waals surface area contributed by atoms with E-state index in [-0.39, 0.29) is 18.3 Å². The molecule has 0 unspecified atom stereocenters. The first-order chi connectivity index (χ1) is 10.1. The molecule has 2 aromatic rings. The molecule has 1 N–H and O–H groups in total. The van der Waals surface area contributed by atoms with E-state index in [9.17, 15) is 9.18 Å². The zero-order valence-electron chi connectivity index (χ0n) is 11.3. The van der Waals surface area contributed by atoms with Gasteiger partial charge in [-0.25, -0.2) is 4.39 Å². The molecule has 0 aliphatic heterocycles. The monoisotopic (exact) mass is 351 g/mol. The Kier molecular flexibility index (Phi) is 5.75. The van der Waals surface area contributed by atoms with Crippen LogP contribution in [0.15, 0.2) is 53.0 Å². The van der Waals surface area contributed by atoms with Gasteiger partial charge in [0.05, 0.1) is 4.47 Å². The maximum absolute atomic E-state index is 12.7. The van der Waals surface area contributed by atoms with Crippen molar-refractivity contribution >= 4 is 21.8 Å². The predicted octanol–water partition coefficient (Wildman–Crippen LogP) is 3.33. The minimum absolute atomic E-state index is 0.0357. The molecule has 0 atom stereocenters. The van der Waals surface area contributed by atoms with E-state index >= 15 is 0 Å². The fourth-order valence-corrected chi connectivity index (χ4v) is 2.15. The molecule has 2 aromatic carbocycles. The van der Waals surface area contributed by atoms with Gasteiger partial charge < -0.3 is 10.1 Å². The van der Waals surface area contributed by atoms with Gasteiger partial charge in [-0.2, -0.15) is 0 Å². The van der Waals surface area contributed by atoms with Crippen molar-refractivity contribution in [3.05, 3.63) is 64.4 Å². The maximum atomic E-state index is 12.7. The van der Waals surface area contributed by atoms with E-state index in [1.165, 1.54) is 12.1 Å². The van der Waals surface area contributed by atoms with Crippen molar-refractivity contribution in [3.63, 3.8) is 0 Å². The van der Waals surface area contributed by atoms with Crippen molar-refractivity contribution < 1.29 is 13.9 Å². The Morgan fingerprint density at radius 2 is 1.86 bits per heavy atom. The van der Waals surface area contributed by atoms with Crippen molar-refractivity contribution in [1.29, 1.82) is 0 Å². The van der Waals surface area contributed by atoms with Gasteiger partial charge in [0, 0.05) is 6.54 Å². The van der Waals surface area contributed by atoms with Crippen LogP contribution in [0.4, 0.5) is 4.39 Å². The number of hydrogen-bond acceptors (Lipinski definition) is 2. The predicted molar refractivity (Wildman–Crippen MR) is 82.8 cm³/mol. The molecule has 0 aromatic heterocycles. The van der Waals surface area contributed by atoms with E-state index < -0.39 is 0 Å². The average molecular weight is 352 g/mol. The number of nitrogens with one attached hydrogen (secondary N) is 1. The van der Waals surface area contributed by atoms with Crippen molar-refractivity contribution in [2.24, 2.45) is 0 Å². The normalized spacial score (nSPS) is 10.2. The number of carbonyl (C=O) groups is 1. The van der Waals surface area contributed by atoms with E-state index in [0.29, 0.717) is 18.7 Å². The maximum Gasteiger partial charge on any atom is 0.257 e. The number of halogens is 2. The smallest absolute Gasteiger partial charge is 0.257 e. The first-order valence-corrected chi connectivity index (χ1v) is 7.33. The summed E-state index contributed by atoms with van der Waals surface area (Å²) < 4.78 is 19.0. The van der Waals surface area contributed by atoms with Crippen LogP contribution in [0.25, 0.3) is 0 Å². The lowest BCUT2D eigenvalue weighted by molar-refractivity contribution is -0.123. The molecule has 0 aliphatic rings. The second-order valence-corrected chi connectivity index (χ2v) is 5.30. The molecular formula is C16H15BrFNO2. The summed E-state index contributed by atoms with van der Waals surface area (Å²) >= 11 is 3.35. The Hall–Kier alpha value is -1.88. The van der Waals surface area contributed by atoms with E-state index in [4.69, 9.17) is 4.74 Å². The molecular weight excluding hydrogens is 337 g/mol. The van der Waals surface area contributed by atoms with Crippen LogP contribution in [0.2, 0.25) is 0 Å². The van der Waals surface area contributed by atoms with Gasteiger partial charge in [-0.1, -0.05) is 24.3 Å². The fourth-order valence-electron chi connectivity index (χ4n) is 1.75. The molecule has 3 nitrogen and oxygen atoms in total. The van der Waals surface area contributed by atoms with Gasteiger partial charge in [-0.05, 0) is 52.2 Å². The highest BCUT2D eigenvalue weighted by atomic mass is 79.9. The van der Waals surface area contributed by atoms with E-state index in [2.05, 4.69) is 21.2 Å². The Bertz CT molecular complexity index is 601. The molecule has 0 radical (unpaired) electrons. The number of carbonyl (C=O) groups excluding carboxylic acids is 1. The van der Waals surface area contributed by atoms with Gasteiger partial charge in [-0.3, -0.25) is 4.79 Å². The lowest BCUT2D eigenvalue weighted by atomic mass is 10.1. The van der Waals surface area contributed by atoms with Gasteiger partial charge in [0.1, 0.15) is 11.6 Å². The summed E-state index contributed by atoms with van der Waals surface area (Å²) in [4.78, 5) is 11.7. The van der Waals surface area contributed by atoms with Gasteiger partial charge in [0.15, 0.2) is 6.61 Å². The Morgan fingerprint density at radius 1 is 1.14 bits per heavy atom. The topological polar surface area (TPSA) is 38.3 Å². The summed E-state index contributed by atoms with van der Waals surface area (Å²) in [7, 11) is 0. The minimum atomic E-state index is -0.260.